The van der Waals surface area contributed by atoms with Crippen LogP contribution in [-0.4, -0.2) is 7.11 Å². The number of nitrogens with two attached hydrogens (primary N) is 1. The van der Waals surface area contributed by atoms with Gasteiger partial charge in [0.25, 0.3) is 0 Å². The Kier molecular flexibility index (Phi) is 4.54. The van der Waals surface area contributed by atoms with E-state index in [0.717, 1.165) is 22.0 Å². The minimum Gasteiger partial charge on any atom is -0.496 e. The summed E-state index contributed by atoms with van der Waals surface area (Å²) in [5.74, 6) is 1.62. The molecular weight excluding hydrogens is 268 g/mol. The number of rotatable bonds is 4. The number of ether oxygens (including phenoxy) is 1. The lowest BCUT2D eigenvalue weighted by molar-refractivity contribution is 0.405. The SMILES string of the molecule is COc1cc(N)ccc1SCc1ccc(C#N)cc1C. The molecule has 0 aliphatic rings. The number of methoxy groups -OCH3 is 1. The first kappa shape index (κ1) is 14.3. The van der Waals surface area contributed by atoms with Gasteiger partial charge in [0.2, 0.25) is 0 Å². The Morgan fingerprint density at radius 1 is 1.25 bits per heavy atom. The predicted octanol–water partition coefficient (Wildman–Crippen LogP) is 3.75. The summed E-state index contributed by atoms with van der Waals surface area (Å²) in [6.07, 6.45) is 0. The van der Waals surface area contributed by atoms with Crippen molar-refractivity contribution in [2.24, 2.45) is 0 Å². The monoisotopic (exact) mass is 284 g/mol. The molecule has 0 atom stereocenters. The van der Waals surface area contributed by atoms with Crippen molar-refractivity contribution in [1.29, 1.82) is 5.26 Å². The molecule has 0 heterocycles. The number of hydrogen-bond acceptors (Lipinski definition) is 4. The van der Waals surface area contributed by atoms with Gasteiger partial charge >= 0.3 is 0 Å². The van der Waals surface area contributed by atoms with Gasteiger partial charge in [-0.3, -0.25) is 0 Å². The minimum absolute atomic E-state index is 0.695. The number of nitriles is 1. The molecule has 0 spiro atoms. The van der Waals surface area contributed by atoms with Gasteiger partial charge in [0, 0.05) is 22.4 Å². The van der Waals surface area contributed by atoms with E-state index in [2.05, 4.69) is 6.07 Å². The normalized spacial score (nSPS) is 10.1. The molecule has 0 radical (unpaired) electrons. The molecule has 0 saturated carbocycles. The molecule has 0 amide bonds. The highest BCUT2D eigenvalue weighted by Crippen LogP contribution is 2.33. The summed E-state index contributed by atoms with van der Waals surface area (Å²) in [6, 6.07) is 13.6. The zero-order chi connectivity index (χ0) is 14.5. The fourth-order valence-electron chi connectivity index (χ4n) is 1.89. The second kappa shape index (κ2) is 6.36. The van der Waals surface area contributed by atoms with Crippen LogP contribution in [0.25, 0.3) is 0 Å². The molecule has 2 aromatic carbocycles. The molecule has 102 valence electrons. The second-order valence-corrected chi connectivity index (χ2v) is 5.47. The van der Waals surface area contributed by atoms with Crippen LogP contribution in [0.5, 0.6) is 5.75 Å². The lowest BCUT2D eigenvalue weighted by Crippen LogP contribution is -1.92. The number of hydrogen-bond donors (Lipinski definition) is 1. The van der Waals surface area contributed by atoms with E-state index >= 15 is 0 Å². The van der Waals surface area contributed by atoms with Crippen molar-refractivity contribution >= 4 is 17.4 Å². The van der Waals surface area contributed by atoms with Crippen molar-refractivity contribution in [1.82, 2.24) is 0 Å². The van der Waals surface area contributed by atoms with Crippen molar-refractivity contribution < 1.29 is 4.74 Å². The van der Waals surface area contributed by atoms with Crippen molar-refractivity contribution in [2.75, 3.05) is 12.8 Å². The number of aryl methyl sites for hydroxylation is 1. The van der Waals surface area contributed by atoms with Gasteiger partial charge < -0.3 is 10.5 Å². The average molecular weight is 284 g/mol. The Morgan fingerprint density at radius 3 is 2.70 bits per heavy atom. The summed E-state index contributed by atoms with van der Waals surface area (Å²) in [6.45, 7) is 2.02. The van der Waals surface area contributed by atoms with E-state index in [1.165, 1.54) is 5.56 Å². The maximum absolute atomic E-state index is 8.87. The number of nitrogens with zero attached hydrogens (tertiary/aromatic N) is 1. The van der Waals surface area contributed by atoms with Crippen LogP contribution in [0, 0.1) is 18.3 Å². The van der Waals surface area contributed by atoms with Crippen LogP contribution in [0.3, 0.4) is 0 Å². The molecule has 0 unspecified atom stereocenters. The molecular formula is C16H16N2OS. The number of thioether (sulfide) groups is 1. The average Bonchev–Trinajstić information content (AvgIpc) is 2.46. The summed E-state index contributed by atoms with van der Waals surface area (Å²) in [5.41, 5.74) is 9.48. The van der Waals surface area contributed by atoms with Gasteiger partial charge in [0.15, 0.2) is 0 Å². The third-order valence-corrected chi connectivity index (χ3v) is 4.15. The molecule has 0 aromatic heterocycles. The third kappa shape index (κ3) is 3.25. The summed E-state index contributed by atoms with van der Waals surface area (Å²) in [5, 5.41) is 8.87. The zero-order valence-electron chi connectivity index (χ0n) is 11.5. The first-order chi connectivity index (χ1) is 9.63. The maximum Gasteiger partial charge on any atom is 0.134 e. The lowest BCUT2D eigenvalue weighted by atomic mass is 10.1. The van der Waals surface area contributed by atoms with E-state index in [4.69, 9.17) is 15.7 Å². The van der Waals surface area contributed by atoms with Crippen LogP contribution in [0.2, 0.25) is 0 Å². The Morgan fingerprint density at radius 2 is 2.05 bits per heavy atom. The van der Waals surface area contributed by atoms with E-state index < -0.39 is 0 Å². The van der Waals surface area contributed by atoms with Crippen molar-refractivity contribution in [3.63, 3.8) is 0 Å². The molecule has 2 rings (SSSR count). The fourth-order valence-corrected chi connectivity index (χ4v) is 2.97. The number of benzene rings is 2. The van der Waals surface area contributed by atoms with Gasteiger partial charge in [-0.05, 0) is 42.3 Å². The molecule has 0 aliphatic heterocycles. The predicted molar refractivity (Wildman–Crippen MR) is 82.9 cm³/mol. The quantitative estimate of drug-likeness (QED) is 0.686. The van der Waals surface area contributed by atoms with Crippen LogP contribution in [0.15, 0.2) is 41.3 Å². The molecule has 0 fully saturated rings. The second-order valence-electron chi connectivity index (χ2n) is 4.45. The number of nitrogen functional groups attached to an aromatic ring is 1. The largest absolute Gasteiger partial charge is 0.496 e. The summed E-state index contributed by atoms with van der Waals surface area (Å²) >= 11 is 1.70. The first-order valence-electron chi connectivity index (χ1n) is 6.20. The minimum atomic E-state index is 0.695. The van der Waals surface area contributed by atoms with E-state index in [1.54, 1.807) is 18.9 Å². The zero-order valence-corrected chi connectivity index (χ0v) is 12.3. The standard InChI is InChI=1S/C16H16N2OS/c1-11-7-12(9-17)3-4-13(11)10-20-16-6-5-14(18)8-15(16)19-2/h3-8H,10,18H2,1-2H3. The fraction of sp³-hybridized carbons (Fsp3) is 0.188. The van der Waals surface area contributed by atoms with Gasteiger partial charge in [0.1, 0.15) is 5.75 Å². The Hall–Kier alpha value is -2.12. The van der Waals surface area contributed by atoms with E-state index in [-0.39, 0.29) is 0 Å². The van der Waals surface area contributed by atoms with Crippen LogP contribution in [-0.2, 0) is 5.75 Å². The molecule has 0 aliphatic carbocycles. The van der Waals surface area contributed by atoms with E-state index in [9.17, 15) is 0 Å². The van der Waals surface area contributed by atoms with Gasteiger partial charge in [-0.25, -0.2) is 0 Å². The molecule has 0 saturated heterocycles. The highest BCUT2D eigenvalue weighted by molar-refractivity contribution is 7.98. The van der Waals surface area contributed by atoms with Gasteiger partial charge in [-0.15, -0.1) is 11.8 Å². The van der Waals surface area contributed by atoms with Gasteiger partial charge in [-0.1, -0.05) is 6.07 Å². The van der Waals surface area contributed by atoms with E-state index in [1.807, 2.05) is 43.3 Å². The third-order valence-electron chi connectivity index (χ3n) is 3.04. The van der Waals surface area contributed by atoms with Crippen molar-refractivity contribution in [3.05, 3.63) is 53.1 Å². The summed E-state index contributed by atoms with van der Waals surface area (Å²) in [7, 11) is 1.64. The van der Waals surface area contributed by atoms with E-state index in [0.29, 0.717) is 11.3 Å². The highest BCUT2D eigenvalue weighted by atomic mass is 32.2. The van der Waals surface area contributed by atoms with Crippen LogP contribution >= 0.6 is 11.8 Å². The topological polar surface area (TPSA) is 59.0 Å². The van der Waals surface area contributed by atoms with Crippen LogP contribution < -0.4 is 10.5 Å². The molecule has 2 aromatic rings. The Labute approximate surface area is 123 Å². The van der Waals surface area contributed by atoms with Crippen molar-refractivity contribution in [3.8, 4) is 11.8 Å². The Balaban J connectivity index is 2.15. The molecule has 20 heavy (non-hydrogen) atoms. The summed E-state index contributed by atoms with van der Waals surface area (Å²) < 4.78 is 5.34. The van der Waals surface area contributed by atoms with Gasteiger partial charge in [0.05, 0.1) is 18.7 Å². The lowest BCUT2D eigenvalue weighted by Gasteiger charge is -2.10. The number of anilines is 1. The highest BCUT2D eigenvalue weighted by Gasteiger charge is 2.06. The Bertz CT molecular complexity index is 662. The molecule has 0 bridgehead atoms. The molecule has 4 heteroatoms. The van der Waals surface area contributed by atoms with Gasteiger partial charge in [-0.2, -0.15) is 5.26 Å². The maximum atomic E-state index is 8.87. The van der Waals surface area contributed by atoms with Crippen molar-refractivity contribution in [2.45, 2.75) is 17.6 Å². The molecule has 2 N–H and O–H groups in total. The van der Waals surface area contributed by atoms with Crippen LogP contribution in [0.1, 0.15) is 16.7 Å². The van der Waals surface area contributed by atoms with Crippen LogP contribution in [0.4, 0.5) is 5.69 Å². The summed E-state index contributed by atoms with van der Waals surface area (Å²) in [4.78, 5) is 1.06. The molecule has 3 nitrogen and oxygen atoms in total. The first-order valence-corrected chi connectivity index (χ1v) is 7.18. The smallest absolute Gasteiger partial charge is 0.134 e.